The average molecular weight is 312 g/mol. The van der Waals surface area contributed by atoms with Crippen LogP contribution in [0.3, 0.4) is 0 Å². The summed E-state index contributed by atoms with van der Waals surface area (Å²) in [5, 5.41) is 11.2. The van der Waals surface area contributed by atoms with Crippen LogP contribution in [0.2, 0.25) is 10.0 Å². The van der Waals surface area contributed by atoms with Gasteiger partial charge in [-0.05, 0) is 36.6 Å². The lowest BCUT2D eigenvalue weighted by molar-refractivity contribution is -0.159. The van der Waals surface area contributed by atoms with E-state index < -0.39 is 5.91 Å². The molecular formula is C15H15Cl2NO2. The summed E-state index contributed by atoms with van der Waals surface area (Å²) in [4.78, 5) is 11.6. The number of nitrogens with zero attached hydrogens (tertiary/aromatic N) is 1. The molecule has 0 unspecified atom stereocenters. The van der Waals surface area contributed by atoms with Crippen molar-refractivity contribution in [2.24, 2.45) is 0 Å². The van der Waals surface area contributed by atoms with Crippen LogP contribution in [0.25, 0.3) is 6.08 Å². The average Bonchev–Trinajstić information content (AvgIpc) is 2.42. The van der Waals surface area contributed by atoms with Crippen LogP contribution in [0, 0.1) is 12.3 Å². The van der Waals surface area contributed by atoms with Gasteiger partial charge in [-0.1, -0.05) is 29.3 Å². The van der Waals surface area contributed by atoms with Gasteiger partial charge in [0.1, 0.15) is 0 Å². The van der Waals surface area contributed by atoms with Crippen molar-refractivity contribution in [3.63, 3.8) is 0 Å². The second-order valence-corrected chi connectivity index (χ2v) is 4.97. The van der Waals surface area contributed by atoms with Crippen molar-refractivity contribution in [1.29, 1.82) is 0 Å². The number of hydrogen-bond donors (Lipinski definition) is 1. The highest BCUT2D eigenvalue weighted by molar-refractivity contribution is 6.35. The predicted molar refractivity (Wildman–Crippen MR) is 81.7 cm³/mol. The minimum atomic E-state index is -0.503. The molecule has 0 atom stereocenters. The molecule has 0 saturated carbocycles. The number of halogens is 2. The van der Waals surface area contributed by atoms with Gasteiger partial charge in [0.25, 0.3) is 5.91 Å². The number of hydroxylamine groups is 2. The molecule has 0 aromatic heterocycles. The highest BCUT2D eigenvalue weighted by Crippen LogP contribution is 2.21. The Morgan fingerprint density at radius 2 is 2.15 bits per heavy atom. The van der Waals surface area contributed by atoms with Crippen LogP contribution in [-0.2, 0) is 4.79 Å². The van der Waals surface area contributed by atoms with Gasteiger partial charge >= 0.3 is 0 Å². The smallest absolute Gasteiger partial charge is 0.269 e. The van der Waals surface area contributed by atoms with E-state index in [2.05, 4.69) is 5.92 Å². The number of amides is 1. The van der Waals surface area contributed by atoms with E-state index in [1.165, 1.54) is 12.2 Å². The monoisotopic (exact) mass is 311 g/mol. The summed E-state index contributed by atoms with van der Waals surface area (Å²) < 4.78 is 0. The molecule has 5 heteroatoms. The van der Waals surface area contributed by atoms with Crippen molar-refractivity contribution >= 4 is 35.2 Å². The zero-order valence-corrected chi connectivity index (χ0v) is 12.4. The molecule has 0 radical (unpaired) electrons. The van der Waals surface area contributed by atoms with E-state index >= 15 is 0 Å². The molecule has 0 fully saturated rings. The minimum Gasteiger partial charge on any atom is -0.286 e. The van der Waals surface area contributed by atoms with Crippen LogP contribution >= 0.6 is 23.2 Å². The first-order valence-electron chi connectivity index (χ1n) is 6.11. The Hall–Kier alpha value is -1.47. The number of unbranched alkanes of at least 4 members (excludes halogenated alkanes) is 2. The summed E-state index contributed by atoms with van der Waals surface area (Å²) in [5.74, 6) is 2.00. The van der Waals surface area contributed by atoms with Crippen LogP contribution in [-0.4, -0.2) is 22.7 Å². The quantitative estimate of drug-likeness (QED) is 0.283. The first kappa shape index (κ1) is 16.6. The first-order chi connectivity index (χ1) is 9.54. The van der Waals surface area contributed by atoms with Gasteiger partial charge in [0, 0.05) is 29.1 Å². The fourth-order valence-electron chi connectivity index (χ4n) is 1.48. The molecular weight excluding hydrogens is 297 g/mol. The molecule has 1 N–H and O–H groups in total. The zero-order chi connectivity index (χ0) is 15.0. The van der Waals surface area contributed by atoms with Crippen molar-refractivity contribution in [3.05, 3.63) is 39.9 Å². The molecule has 1 amide bonds. The maximum atomic E-state index is 11.6. The Bertz CT molecular complexity index is 535. The van der Waals surface area contributed by atoms with Gasteiger partial charge in [-0.15, -0.1) is 12.3 Å². The molecule has 3 nitrogen and oxygen atoms in total. The lowest BCUT2D eigenvalue weighted by Crippen LogP contribution is -2.26. The van der Waals surface area contributed by atoms with Crippen molar-refractivity contribution in [2.75, 3.05) is 6.54 Å². The Kier molecular flexibility index (Phi) is 7.17. The number of carbonyl (C=O) groups is 1. The SMILES string of the molecule is C#CCCCCN(O)C(=O)/C=C/c1ccc(Cl)cc1Cl. The third-order valence-corrected chi connectivity index (χ3v) is 3.13. The normalized spacial score (nSPS) is 10.5. The summed E-state index contributed by atoms with van der Waals surface area (Å²) in [5.41, 5.74) is 0.658. The molecule has 0 heterocycles. The van der Waals surface area contributed by atoms with Crippen LogP contribution in [0.1, 0.15) is 24.8 Å². The predicted octanol–water partition coefficient (Wildman–Crippen LogP) is 4.03. The Balaban J connectivity index is 2.52. The molecule has 1 aromatic rings. The standard InChI is InChI=1S/C15H15Cl2NO2/c1-2-3-4-5-10-18(20)15(19)9-7-12-6-8-13(16)11-14(12)17/h1,6-9,11,20H,3-5,10H2/b9-7+. The molecule has 0 spiro atoms. The molecule has 0 saturated heterocycles. The molecule has 20 heavy (non-hydrogen) atoms. The number of benzene rings is 1. The third kappa shape index (κ3) is 5.66. The summed E-state index contributed by atoms with van der Waals surface area (Å²) in [6.07, 6.45) is 9.97. The van der Waals surface area contributed by atoms with Gasteiger partial charge in [-0.3, -0.25) is 10.0 Å². The lowest BCUT2D eigenvalue weighted by Gasteiger charge is -2.11. The van der Waals surface area contributed by atoms with E-state index in [1.54, 1.807) is 18.2 Å². The van der Waals surface area contributed by atoms with E-state index in [9.17, 15) is 10.0 Å². The van der Waals surface area contributed by atoms with E-state index in [4.69, 9.17) is 29.6 Å². The highest BCUT2D eigenvalue weighted by atomic mass is 35.5. The second-order valence-electron chi connectivity index (χ2n) is 4.12. The molecule has 1 aromatic carbocycles. The van der Waals surface area contributed by atoms with Gasteiger partial charge in [0.05, 0.1) is 0 Å². The largest absolute Gasteiger partial charge is 0.286 e. The Labute approximate surface area is 128 Å². The number of terminal acetylenes is 1. The van der Waals surface area contributed by atoms with Crippen molar-refractivity contribution in [2.45, 2.75) is 19.3 Å². The van der Waals surface area contributed by atoms with Gasteiger partial charge in [0.2, 0.25) is 0 Å². The Morgan fingerprint density at radius 1 is 1.40 bits per heavy atom. The fraction of sp³-hybridized carbons (Fsp3) is 0.267. The Morgan fingerprint density at radius 3 is 2.80 bits per heavy atom. The molecule has 0 bridgehead atoms. The number of hydrogen-bond acceptors (Lipinski definition) is 2. The first-order valence-corrected chi connectivity index (χ1v) is 6.87. The zero-order valence-electron chi connectivity index (χ0n) is 10.9. The molecule has 106 valence electrons. The van der Waals surface area contributed by atoms with Crippen molar-refractivity contribution in [1.82, 2.24) is 5.06 Å². The number of carbonyl (C=O) groups excluding carboxylic acids is 1. The summed E-state index contributed by atoms with van der Waals surface area (Å²) in [6, 6.07) is 4.96. The summed E-state index contributed by atoms with van der Waals surface area (Å²) in [7, 11) is 0. The van der Waals surface area contributed by atoms with Gasteiger partial charge in [-0.2, -0.15) is 0 Å². The van der Waals surface area contributed by atoms with E-state index in [0.717, 1.165) is 6.42 Å². The maximum absolute atomic E-state index is 11.6. The summed E-state index contributed by atoms with van der Waals surface area (Å²) >= 11 is 11.7. The van der Waals surface area contributed by atoms with Crippen LogP contribution in [0.4, 0.5) is 0 Å². The molecule has 0 aliphatic heterocycles. The molecule has 0 aliphatic carbocycles. The molecule has 0 aliphatic rings. The van der Waals surface area contributed by atoms with E-state index in [1.807, 2.05) is 0 Å². The van der Waals surface area contributed by atoms with Crippen molar-refractivity contribution < 1.29 is 10.0 Å². The summed E-state index contributed by atoms with van der Waals surface area (Å²) in [6.45, 7) is 0.249. The van der Waals surface area contributed by atoms with Crippen LogP contribution < -0.4 is 0 Å². The van der Waals surface area contributed by atoms with E-state index in [0.29, 0.717) is 33.5 Å². The van der Waals surface area contributed by atoms with Crippen molar-refractivity contribution in [3.8, 4) is 12.3 Å². The van der Waals surface area contributed by atoms with Gasteiger partial charge in [-0.25, -0.2) is 5.06 Å². The highest BCUT2D eigenvalue weighted by Gasteiger charge is 2.06. The van der Waals surface area contributed by atoms with Crippen LogP contribution in [0.15, 0.2) is 24.3 Å². The third-order valence-electron chi connectivity index (χ3n) is 2.56. The minimum absolute atomic E-state index is 0.249. The fourth-order valence-corrected chi connectivity index (χ4v) is 1.95. The van der Waals surface area contributed by atoms with Gasteiger partial charge < -0.3 is 0 Å². The second kappa shape index (κ2) is 8.65. The maximum Gasteiger partial charge on any atom is 0.269 e. The van der Waals surface area contributed by atoms with Crippen LogP contribution in [0.5, 0.6) is 0 Å². The molecule has 1 rings (SSSR count). The van der Waals surface area contributed by atoms with Gasteiger partial charge in [0.15, 0.2) is 0 Å². The topological polar surface area (TPSA) is 40.5 Å². The lowest BCUT2D eigenvalue weighted by atomic mass is 10.2. The number of rotatable bonds is 6. The van der Waals surface area contributed by atoms with E-state index in [-0.39, 0.29) is 6.54 Å².